The minimum atomic E-state index is 0.520. The molecule has 0 radical (unpaired) electrons. The zero-order chi connectivity index (χ0) is 12.0. The van der Waals surface area contributed by atoms with Crippen LogP contribution in [0.4, 0.5) is 0 Å². The summed E-state index contributed by atoms with van der Waals surface area (Å²) in [6.45, 7) is 8.54. The topological polar surface area (TPSA) is 29.3 Å². The maximum atomic E-state index is 5.89. The maximum Gasteiger partial charge on any atom is 0.0334 e. The van der Waals surface area contributed by atoms with Crippen LogP contribution in [0.3, 0.4) is 0 Å². The molecule has 3 heteroatoms. The highest BCUT2D eigenvalue weighted by Crippen LogP contribution is 2.18. The summed E-state index contributed by atoms with van der Waals surface area (Å²) in [5.41, 5.74) is 5.89. The summed E-state index contributed by atoms with van der Waals surface area (Å²) in [5, 5.41) is 2.14. The molecule has 0 spiro atoms. The fraction of sp³-hybridized carbons (Fsp3) is 0.692. The molecule has 2 N–H and O–H groups in total. The predicted molar refractivity (Wildman–Crippen MR) is 72.7 cm³/mol. The van der Waals surface area contributed by atoms with Crippen LogP contribution in [0.2, 0.25) is 0 Å². The van der Waals surface area contributed by atoms with Gasteiger partial charge in [0.25, 0.3) is 0 Å². The smallest absolute Gasteiger partial charge is 0.0334 e. The molecule has 0 aliphatic carbocycles. The summed E-state index contributed by atoms with van der Waals surface area (Å²) in [7, 11) is 0. The summed E-state index contributed by atoms with van der Waals surface area (Å²) in [6, 6.07) is 5.41. The Morgan fingerprint density at radius 1 is 1.44 bits per heavy atom. The first-order chi connectivity index (χ1) is 7.69. The van der Waals surface area contributed by atoms with Gasteiger partial charge in [-0.1, -0.05) is 19.4 Å². The van der Waals surface area contributed by atoms with Crippen molar-refractivity contribution in [2.24, 2.45) is 5.73 Å². The van der Waals surface area contributed by atoms with E-state index >= 15 is 0 Å². The quantitative estimate of drug-likeness (QED) is 0.793. The average Bonchev–Trinajstić information content (AvgIpc) is 2.75. The molecule has 0 fully saturated rings. The van der Waals surface area contributed by atoms with E-state index in [0.717, 1.165) is 13.1 Å². The van der Waals surface area contributed by atoms with Crippen molar-refractivity contribution in [3.8, 4) is 0 Å². The Kier molecular flexibility index (Phi) is 6.03. The molecule has 1 rings (SSSR count). The summed E-state index contributed by atoms with van der Waals surface area (Å²) >= 11 is 1.83. The van der Waals surface area contributed by atoms with E-state index in [-0.39, 0.29) is 0 Å². The van der Waals surface area contributed by atoms with E-state index < -0.39 is 0 Å². The first-order valence-electron chi connectivity index (χ1n) is 6.17. The first kappa shape index (κ1) is 13.7. The zero-order valence-electron chi connectivity index (χ0n) is 10.6. The van der Waals surface area contributed by atoms with Gasteiger partial charge in [-0.25, -0.2) is 0 Å². The standard InChI is InChI=1S/C13H24N2S/c1-4-6-12(9-14)15(11(2)3)10-13-7-5-8-16-13/h5,7-8,11-12H,4,6,9-10,14H2,1-3H3. The van der Waals surface area contributed by atoms with Crippen molar-refractivity contribution in [3.63, 3.8) is 0 Å². The van der Waals surface area contributed by atoms with Crippen molar-refractivity contribution >= 4 is 11.3 Å². The zero-order valence-corrected chi connectivity index (χ0v) is 11.5. The third-order valence-corrected chi connectivity index (χ3v) is 3.81. The SMILES string of the molecule is CCCC(CN)N(Cc1cccs1)C(C)C. The number of hydrogen-bond acceptors (Lipinski definition) is 3. The van der Waals surface area contributed by atoms with Crippen LogP contribution in [0, 0.1) is 0 Å². The van der Waals surface area contributed by atoms with Crippen molar-refractivity contribution < 1.29 is 0 Å². The Hall–Kier alpha value is -0.380. The summed E-state index contributed by atoms with van der Waals surface area (Å²) in [4.78, 5) is 3.96. The van der Waals surface area contributed by atoms with Gasteiger partial charge in [-0.3, -0.25) is 4.90 Å². The third kappa shape index (κ3) is 3.89. The Morgan fingerprint density at radius 3 is 2.62 bits per heavy atom. The van der Waals surface area contributed by atoms with Crippen LogP contribution >= 0.6 is 11.3 Å². The fourth-order valence-corrected chi connectivity index (χ4v) is 2.78. The molecule has 0 aromatic carbocycles. The Labute approximate surface area is 103 Å². The highest BCUT2D eigenvalue weighted by atomic mass is 32.1. The lowest BCUT2D eigenvalue weighted by atomic mass is 10.1. The van der Waals surface area contributed by atoms with Gasteiger partial charge in [0.15, 0.2) is 0 Å². The second kappa shape index (κ2) is 7.05. The van der Waals surface area contributed by atoms with Crippen LogP contribution in [0.25, 0.3) is 0 Å². The van der Waals surface area contributed by atoms with Crippen molar-refractivity contribution in [2.75, 3.05) is 6.54 Å². The van der Waals surface area contributed by atoms with Crippen LogP contribution in [0.5, 0.6) is 0 Å². The van der Waals surface area contributed by atoms with Crippen molar-refractivity contribution in [1.29, 1.82) is 0 Å². The minimum Gasteiger partial charge on any atom is -0.329 e. The molecule has 0 aliphatic rings. The van der Waals surface area contributed by atoms with Crippen LogP contribution < -0.4 is 5.73 Å². The number of nitrogens with zero attached hydrogens (tertiary/aromatic N) is 1. The molecule has 1 aromatic heterocycles. The summed E-state index contributed by atoms with van der Waals surface area (Å²) in [5.74, 6) is 0. The lowest BCUT2D eigenvalue weighted by molar-refractivity contribution is 0.141. The van der Waals surface area contributed by atoms with E-state index in [1.54, 1.807) is 0 Å². The van der Waals surface area contributed by atoms with Crippen LogP contribution in [0.1, 0.15) is 38.5 Å². The normalized spacial score (nSPS) is 13.6. The molecule has 1 heterocycles. The molecule has 0 amide bonds. The van der Waals surface area contributed by atoms with Gasteiger partial charge in [-0.2, -0.15) is 0 Å². The van der Waals surface area contributed by atoms with Gasteiger partial charge in [0, 0.05) is 30.1 Å². The van der Waals surface area contributed by atoms with Gasteiger partial charge in [0.05, 0.1) is 0 Å². The highest BCUT2D eigenvalue weighted by Gasteiger charge is 2.19. The summed E-state index contributed by atoms with van der Waals surface area (Å²) in [6.07, 6.45) is 2.40. The molecule has 92 valence electrons. The monoisotopic (exact) mass is 240 g/mol. The lowest BCUT2D eigenvalue weighted by Gasteiger charge is -2.34. The molecule has 0 bridgehead atoms. The number of hydrogen-bond donors (Lipinski definition) is 1. The Morgan fingerprint density at radius 2 is 2.19 bits per heavy atom. The maximum absolute atomic E-state index is 5.89. The molecule has 0 saturated heterocycles. The molecule has 1 atom stereocenters. The van der Waals surface area contributed by atoms with Crippen molar-refractivity contribution in [1.82, 2.24) is 4.90 Å². The first-order valence-corrected chi connectivity index (χ1v) is 7.05. The molecular weight excluding hydrogens is 216 g/mol. The van der Waals surface area contributed by atoms with E-state index in [0.29, 0.717) is 12.1 Å². The molecule has 1 unspecified atom stereocenters. The fourth-order valence-electron chi connectivity index (χ4n) is 2.07. The largest absolute Gasteiger partial charge is 0.329 e. The number of rotatable bonds is 7. The predicted octanol–water partition coefficient (Wildman–Crippen LogP) is 3.09. The van der Waals surface area contributed by atoms with Crippen molar-refractivity contribution in [2.45, 2.75) is 52.2 Å². The van der Waals surface area contributed by atoms with Gasteiger partial charge in [0.2, 0.25) is 0 Å². The van der Waals surface area contributed by atoms with Crippen LogP contribution in [0.15, 0.2) is 17.5 Å². The van der Waals surface area contributed by atoms with Gasteiger partial charge in [-0.05, 0) is 31.7 Å². The molecule has 2 nitrogen and oxygen atoms in total. The highest BCUT2D eigenvalue weighted by molar-refractivity contribution is 7.09. The van der Waals surface area contributed by atoms with E-state index in [9.17, 15) is 0 Å². The molecule has 16 heavy (non-hydrogen) atoms. The molecule has 0 aliphatic heterocycles. The van der Waals surface area contributed by atoms with Gasteiger partial charge in [-0.15, -0.1) is 11.3 Å². The lowest BCUT2D eigenvalue weighted by Crippen LogP contribution is -2.44. The second-order valence-corrected chi connectivity index (χ2v) is 5.56. The van der Waals surface area contributed by atoms with Gasteiger partial charge < -0.3 is 5.73 Å². The Bertz CT molecular complexity index is 269. The van der Waals surface area contributed by atoms with Crippen LogP contribution in [-0.4, -0.2) is 23.5 Å². The molecular formula is C13H24N2S. The average molecular weight is 240 g/mol. The number of thiophene rings is 1. The van der Waals surface area contributed by atoms with Crippen LogP contribution in [-0.2, 0) is 6.54 Å². The van der Waals surface area contributed by atoms with E-state index in [1.165, 1.54) is 17.7 Å². The second-order valence-electron chi connectivity index (χ2n) is 4.52. The molecule has 0 saturated carbocycles. The summed E-state index contributed by atoms with van der Waals surface area (Å²) < 4.78 is 0. The van der Waals surface area contributed by atoms with Gasteiger partial charge in [0.1, 0.15) is 0 Å². The minimum absolute atomic E-state index is 0.520. The van der Waals surface area contributed by atoms with Crippen molar-refractivity contribution in [3.05, 3.63) is 22.4 Å². The van der Waals surface area contributed by atoms with Gasteiger partial charge >= 0.3 is 0 Å². The molecule has 1 aromatic rings. The van der Waals surface area contributed by atoms with E-state index in [2.05, 4.69) is 43.2 Å². The Balaban J connectivity index is 2.65. The third-order valence-electron chi connectivity index (χ3n) is 2.94. The van der Waals surface area contributed by atoms with E-state index in [4.69, 9.17) is 5.73 Å². The number of nitrogens with two attached hydrogens (primary N) is 1. The van der Waals surface area contributed by atoms with E-state index in [1.807, 2.05) is 11.3 Å².